The van der Waals surface area contributed by atoms with Gasteiger partial charge in [0, 0.05) is 26.2 Å². The zero-order valence-corrected chi connectivity index (χ0v) is 11.7. The maximum absolute atomic E-state index is 11.0. The highest BCUT2D eigenvalue weighted by atomic mass is 16.4. The molecule has 0 aliphatic carbocycles. The van der Waals surface area contributed by atoms with E-state index in [1.165, 1.54) is 11.1 Å². The summed E-state index contributed by atoms with van der Waals surface area (Å²) in [5, 5.41) is 17.9. The smallest absolute Gasteiger partial charge is 0.307 e. The van der Waals surface area contributed by atoms with E-state index in [9.17, 15) is 4.79 Å². The number of hydrogen-bond acceptors (Lipinski definition) is 3. The molecule has 106 valence electrons. The highest BCUT2D eigenvalue weighted by Gasteiger charge is 2.16. The van der Waals surface area contributed by atoms with Crippen LogP contribution in [-0.4, -0.2) is 40.8 Å². The SMILES string of the molecule is Cc1ccccc1CN(CCCO)CC(C)C(=O)O. The molecule has 1 aromatic rings. The van der Waals surface area contributed by atoms with E-state index in [0.717, 1.165) is 6.54 Å². The molecule has 4 heteroatoms. The van der Waals surface area contributed by atoms with Gasteiger partial charge in [-0.05, 0) is 24.5 Å². The Hall–Kier alpha value is -1.39. The summed E-state index contributed by atoms with van der Waals surface area (Å²) >= 11 is 0. The predicted octanol–water partition coefficient (Wildman–Crippen LogP) is 1.90. The van der Waals surface area contributed by atoms with Crippen LogP contribution in [0.5, 0.6) is 0 Å². The van der Waals surface area contributed by atoms with Crippen LogP contribution >= 0.6 is 0 Å². The molecule has 2 N–H and O–H groups in total. The first-order valence-corrected chi connectivity index (χ1v) is 6.65. The Morgan fingerprint density at radius 2 is 2.05 bits per heavy atom. The van der Waals surface area contributed by atoms with Crippen LogP contribution in [0.1, 0.15) is 24.5 Å². The summed E-state index contributed by atoms with van der Waals surface area (Å²) in [5.41, 5.74) is 2.41. The number of aliphatic hydroxyl groups excluding tert-OH is 1. The maximum atomic E-state index is 11.0. The number of rotatable bonds is 8. The van der Waals surface area contributed by atoms with Crippen LogP contribution in [0.4, 0.5) is 0 Å². The van der Waals surface area contributed by atoms with Crippen molar-refractivity contribution in [1.82, 2.24) is 4.90 Å². The summed E-state index contributed by atoms with van der Waals surface area (Å²) in [6.07, 6.45) is 0.665. The van der Waals surface area contributed by atoms with Crippen molar-refractivity contribution < 1.29 is 15.0 Å². The van der Waals surface area contributed by atoms with Gasteiger partial charge in [0.25, 0.3) is 0 Å². The van der Waals surface area contributed by atoms with Crippen LogP contribution in [0, 0.1) is 12.8 Å². The summed E-state index contributed by atoms with van der Waals surface area (Å²) in [6.45, 7) is 5.84. The molecule has 0 radical (unpaired) electrons. The second-order valence-electron chi connectivity index (χ2n) is 4.98. The Morgan fingerprint density at radius 3 is 2.63 bits per heavy atom. The minimum absolute atomic E-state index is 0.131. The Labute approximate surface area is 114 Å². The summed E-state index contributed by atoms with van der Waals surface area (Å²) in [5.74, 6) is -1.18. The summed E-state index contributed by atoms with van der Waals surface area (Å²) in [4.78, 5) is 13.0. The molecule has 0 saturated heterocycles. The molecule has 0 aliphatic rings. The first kappa shape index (κ1) is 15.7. The molecule has 0 bridgehead atoms. The van der Waals surface area contributed by atoms with Gasteiger partial charge >= 0.3 is 5.97 Å². The lowest BCUT2D eigenvalue weighted by atomic mass is 10.1. The number of benzene rings is 1. The molecule has 0 fully saturated rings. The summed E-state index contributed by atoms with van der Waals surface area (Å²) in [6, 6.07) is 8.11. The molecule has 1 atom stereocenters. The topological polar surface area (TPSA) is 60.8 Å². The van der Waals surface area contributed by atoms with Crippen molar-refractivity contribution in [3.63, 3.8) is 0 Å². The van der Waals surface area contributed by atoms with E-state index < -0.39 is 11.9 Å². The van der Waals surface area contributed by atoms with Gasteiger partial charge in [-0.25, -0.2) is 0 Å². The standard InChI is InChI=1S/C15H23NO3/c1-12-6-3-4-7-14(12)11-16(8-5-9-17)10-13(2)15(18)19/h3-4,6-7,13,17H,5,8-11H2,1-2H3,(H,18,19). The van der Waals surface area contributed by atoms with Gasteiger partial charge in [-0.1, -0.05) is 31.2 Å². The zero-order chi connectivity index (χ0) is 14.3. The van der Waals surface area contributed by atoms with Gasteiger partial charge in [0.05, 0.1) is 5.92 Å². The van der Waals surface area contributed by atoms with Crippen molar-refractivity contribution in [3.05, 3.63) is 35.4 Å². The van der Waals surface area contributed by atoms with Gasteiger partial charge in [0.1, 0.15) is 0 Å². The fourth-order valence-electron chi connectivity index (χ4n) is 2.02. The number of carbonyl (C=O) groups is 1. The number of aryl methyl sites for hydroxylation is 1. The molecule has 0 amide bonds. The fourth-order valence-corrected chi connectivity index (χ4v) is 2.02. The molecule has 0 heterocycles. The molecule has 0 saturated carbocycles. The number of carboxylic acids is 1. The quantitative estimate of drug-likeness (QED) is 0.753. The fraction of sp³-hybridized carbons (Fsp3) is 0.533. The van der Waals surface area contributed by atoms with Crippen LogP contribution in [0.25, 0.3) is 0 Å². The van der Waals surface area contributed by atoms with Crippen molar-refractivity contribution in [2.45, 2.75) is 26.8 Å². The van der Waals surface area contributed by atoms with Crippen molar-refractivity contribution in [1.29, 1.82) is 0 Å². The van der Waals surface area contributed by atoms with E-state index >= 15 is 0 Å². The molecule has 1 rings (SSSR count). The van der Waals surface area contributed by atoms with Gasteiger partial charge in [-0.2, -0.15) is 0 Å². The molecular formula is C15H23NO3. The monoisotopic (exact) mass is 265 g/mol. The van der Waals surface area contributed by atoms with Crippen molar-refractivity contribution >= 4 is 5.97 Å². The van der Waals surface area contributed by atoms with E-state index in [2.05, 4.69) is 24.0 Å². The Morgan fingerprint density at radius 1 is 1.37 bits per heavy atom. The molecular weight excluding hydrogens is 242 g/mol. The summed E-state index contributed by atoms with van der Waals surface area (Å²) < 4.78 is 0. The zero-order valence-electron chi connectivity index (χ0n) is 11.7. The minimum atomic E-state index is -0.779. The maximum Gasteiger partial charge on any atom is 0.307 e. The lowest BCUT2D eigenvalue weighted by Crippen LogP contribution is -2.32. The van der Waals surface area contributed by atoms with E-state index in [0.29, 0.717) is 19.5 Å². The highest BCUT2D eigenvalue weighted by molar-refractivity contribution is 5.69. The number of hydrogen-bond donors (Lipinski definition) is 2. The first-order chi connectivity index (χ1) is 9.04. The number of carboxylic acid groups (broad SMARTS) is 1. The average Bonchev–Trinajstić information content (AvgIpc) is 2.38. The second kappa shape index (κ2) is 7.92. The molecule has 1 aromatic carbocycles. The Bertz CT molecular complexity index is 406. The molecule has 0 spiro atoms. The van der Waals surface area contributed by atoms with Gasteiger partial charge in [0.2, 0.25) is 0 Å². The van der Waals surface area contributed by atoms with E-state index in [4.69, 9.17) is 10.2 Å². The van der Waals surface area contributed by atoms with Crippen LogP contribution in [-0.2, 0) is 11.3 Å². The molecule has 1 unspecified atom stereocenters. The number of nitrogens with zero attached hydrogens (tertiary/aromatic N) is 1. The Balaban J connectivity index is 2.68. The van der Waals surface area contributed by atoms with Crippen molar-refractivity contribution in [2.24, 2.45) is 5.92 Å². The second-order valence-corrected chi connectivity index (χ2v) is 4.98. The van der Waals surface area contributed by atoms with E-state index in [-0.39, 0.29) is 6.61 Å². The number of aliphatic hydroxyl groups is 1. The Kier molecular flexibility index (Phi) is 6.53. The normalized spacial score (nSPS) is 12.6. The molecule has 0 aliphatic heterocycles. The van der Waals surface area contributed by atoms with E-state index in [1.807, 2.05) is 12.1 Å². The third kappa shape index (κ3) is 5.41. The largest absolute Gasteiger partial charge is 0.481 e. The van der Waals surface area contributed by atoms with Crippen LogP contribution in [0.3, 0.4) is 0 Å². The van der Waals surface area contributed by atoms with Crippen LogP contribution < -0.4 is 0 Å². The highest BCUT2D eigenvalue weighted by Crippen LogP contribution is 2.12. The summed E-state index contributed by atoms with van der Waals surface area (Å²) in [7, 11) is 0. The molecule has 19 heavy (non-hydrogen) atoms. The minimum Gasteiger partial charge on any atom is -0.481 e. The molecule has 0 aromatic heterocycles. The first-order valence-electron chi connectivity index (χ1n) is 6.65. The van der Waals surface area contributed by atoms with Crippen molar-refractivity contribution in [2.75, 3.05) is 19.7 Å². The van der Waals surface area contributed by atoms with Gasteiger partial charge in [0.15, 0.2) is 0 Å². The van der Waals surface area contributed by atoms with Crippen LogP contribution in [0.2, 0.25) is 0 Å². The third-order valence-electron chi connectivity index (χ3n) is 3.24. The van der Waals surface area contributed by atoms with Gasteiger partial charge in [-0.3, -0.25) is 9.69 Å². The third-order valence-corrected chi connectivity index (χ3v) is 3.24. The van der Waals surface area contributed by atoms with E-state index in [1.54, 1.807) is 6.92 Å². The van der Waals surface area contributed by atoms with Gasteiger partial charge < -0.3 is 10.2 Å². The number of aliphatic carboxylic acids is 1. The molecule has 4 nitrogen and oxygen atoms in total. The lowest BCUT2D eigenvalue weighted by molar-refractivity contribution is -0.141. The lowest BCUT2D eigenvalue weighted by Gasteiger charge is -2.24. The average molecular weight is 265 g/mol. The van der Waals surface area contributed by atoms with Gasteiger partial charge in [-0.15, -0.1) is 0 Å². The van der Waals surface area contributed by atoms with Crippen LogP contribution in [0.15, 0.2) is 24.3 Å². The predicted molar refractivity (Wildman–Crippen MR) is 75.0 cm³/mol. The van der Waals surface area contributed by atoms with Crippen molar-refractivity contribution in [3.8, 4) is 0 Å².